The Balaban J connectivity index is 2.15. The summed E-state index contributed by atoms with van der Waals surface area (Å²) in [6, 6.07) is 15.7. The smallest absolute Gasteiger partial charge is 0.166 e. The molecule has 2 rings (SSSR count). The van der Waals surface area contributed by atoms with Crippen LogP contribution in [-0.4, -0.2) is 24.9 Å². The molecule has 23 heavy (non-hydrogen) atoms. The van der Waals surface area contributed by atoms with Crippen LogP contribution in [0.4, 0.5) is 0 Å². The maximum absolute atomic E-state index is 9.14. The molecule has 0 amide bonds. The lowest BCUT2D eigenvalue weighted by Gasteiger charge is -2.21. The molecule has 2 atom stereocenters. The van der Waals surface area contributed by atoms with Crippen LogP contribution in [0.2, 0.25) is 0 Å². The lowest BCUT2D eigenvalue weighted by atomic mass is 10.1. The monoisotopic (exact) mass is 316 g/mol. The van der Waals surface area contributed by atoms with Gasteiger partial charge in [0.1, 0.15) is 6.61 Å². The van der Waals surface area contributed by atoms with E-state index >= 15 is 0 Å². The lowest BCUT2D eigenvalue weighted by Crippen LogP contribution is -2.16. The molecule has 0 heterocycles. The molecule has 0 saturated heterocycles. The number of ether oxygens (including phenoxy) is 3. The lowest BCUT2D eigenvalue weighted by molar-refractivity contribution is -0.0229. The van der Waals surface area contributed by atoms with Gasteiger partial charge in [-0.15, -0.1) is 0 Å². The molecule has 0 fully saturated rings. The van der Waals surface area contributed by atoms with Gasteiger partial charge in [0, 0.05) is 5.56 Å². The molecule has 0 saturated carbocycles. The number of hydrogen-bond donors (Lipinski definition) is 1. The van der Waals surface area contributed by atoms with E-state index in [9.17, 15) is 0 Å². The SMILES string of the molecule is COc1c(OCc2ccccc2)cccc1[C@@H](C)O[C@@H](C)CO. The molecule has 0 aliphatic heterocycles. The van der Waals surface area contributed by atoms with Crippen molar-refractivity contribution in [3.05, 3.63) is 59.7 Å². The largest absolute Gasteiger partial charge is 0.492 e. The van der Waals surface area contributed by atoms with Gasteiger partial charge < -0.3 is 19.3 Å². The average Bonchev–Trinajstić information content (AvgIpc) is 2.60. The normalized spacial score (nSPS) is 13.4. The van der Waals surface area contributed by atoms with Crippen LogP contribution in [0.1, 0.15) is 31.1 Å². The van der Waals surface area contributed by atoms with Crippen molar-refractivity contribution in [1.29, 1.82) is 0 Å². The summed E-state index contributed by atoms with van der Waals surface area (Å²) in [7, 11) is 1.62. The quantitative estimate of drug-likeness (QED) is 0.806. The zero-order valence-corrected chi connectivity index (χ0v) is 13.9. The molecule has 2 aromatic rings. The third-order valence-corrected chi connectivity index (χ3v) is 3.58. The van der Waals surface area contributed by atoms with Crippen LogP contribution >= 0.6 is 0 Å². The first-order chi connectivity index (χ1) is 11.2. The van der Waals surface area contributed by atoms with Crippen LogP contribution in [-0.2, 0) is 11.3 Å². The minimum Gasteiger partial charge on any atom is -0.492 e. The van der Waals surface area contributed by atoms with Gasteiger partial charge in [0.2, 0.25) is 0 Å². The first-order valence-electron chi connectivity index (χ1n) is 7.75. The summed E-state index contributed by atoms with van der Waals surface area (Å²) in [5.74, 6) is 1.35. The van der Waals surface area contributed by atoms with Crippen LogP contribution in [0.15, 0.2) is 48.5 Å². The van der Waals surface area contributed by atoms with Crippen molar-refractivity contribution in [2.75, 3.05) is 13.7 Å². The molecular weight excluding hydrogens is 292 g/mol. The fourth-order valence-electron chi connectivity index (χ4n) is 2.39. The summed E-state index contributed by atoms with van der Waals surface area (Å²) in [5.41, 5.74) is 2.00. The van der Waals surface area contributed by atoms with Crippen LogP contribution in [0.5, 0.6) is 11.5 Å². The fourth-order valence-corrected chi connectivity index (χ4v) is 2.39. The predicted molar refractivity (Wildman–Crippen MR) is 89.8 cm³/mol. The standard InChI is InChI=1S/C19H24O4/c1-14(12-20)23-15(2)17-10-7-11-18(19(17)21-3)22-13-16-8-5-4-6-9-16/h4-11,14-15,20H,12-13H2,1-3H3/t14-,15+/m0/s1. The minimum absolute atomic E-state index is 0.0170. The number of hydrogen-bond acceptors (Lipinski definition) is 4. The summed E-state index contributed by atoms with van der Waals surface area (Å²) in [6.45, 7) is 4.23. The summed E-state index contributed by atoms with van der Waals surface area (Å²) < 4.78 is 17.2. The molecule has 0 aliphatic rings. The van der Waals surface area contributed by atoms with Gasteiger partial charge in [-0.2, -0.15) is 0 Å². The van der Waals surface area contributed by atoms with Crippen LogP contribution in [0.3, 0.4) is 0 Å². The highest BCUT2D eigenvalue weighted by atomic mass is 16.5. The molecule has 124 valence electrons. The summed E-state index contributed by atoms with van der Waals surface area (Å²) in [5, 5.41) is 9.14. The van der Waals surface area contributed by atoms with Crippen molar-refractivity contribution in [3.63, 3.8) is 0 Å². The van der Waals surface area contributed by atoms with Crippen molar-refractivity contribution in [3.8, 4) is 11.5 Å². The number of aliphatic hydroxyl groups excluding tert-OH is 1. The van der Waals surface area contributed by atoms with Gasteiger partial charge in [-0.25, -0.2) is 0 Å². The molecular formula is C19H24O4. The van der Waals surface area contributed by atoms with Crippen molar-refractivity contribution < 1.29 is 19.3 Å². The molecule has 1 N–H and O–H groups in total. The highest BCUT2D eigenvalue weighted by Gasteiger charge is 2.18. The molecule has 0 aromatic heterocycles. The van der Waals surface area contributed by atoms with Gasteiger partial charge in [0.15, 0.2) is 11.5 Å². The van der Waals surface area contributed by atoms with E-state index in [4.69, 9.17) is 19.3 Å². The number of para-hydroxylation sites is 1. The van der Waals surface area contributed by atoms with Gasteiger partial charge in [-0.1, -0.05) is 42.5 Å². The van der Waals surface area contributed by atoms with E-state index in [0.717, 1.165) is 11.1 Å². The Bertz CT molecular complexity index is 598. The zero-order chi connectivity index (χ0) is 16.7. The molecule has 0 aliphatic carbocycles. The van der Waals surface area contributed by atoms with Crippen LogP contribution < -0.4 is 9.47 Å². The second kappa shape index (κ2) is 8.56. The first kappa shape index (κ1) is 17.3. The second-order valence-electron chi connectivity index (χ2n) is 5.42. The first-order valence-corrected chi connectivity index (χ1v) is 7.75. The Morgan fingerprint density at radius 2 is 1.74 bits per heavy atom. The van der Waals surface area contributed by atoms with E-state index in [1.807, 2.05) is 62.4 Å². The van der Waals surface area contributed by atoms with Crippen molar-refractivity contribution in [2.24, 2.45) is 0 Å². The molecule has 2 aromatic carbocycles. The molecule has 0 bridgehead atoms. The van der Waals surface area contributed by atoms with Crippen LogP contribution in [0, 0.1) is 0 Å². The Labute approximate surface area is 137 Å². The Kier molecular flexibility index (Phi) is 6.44. The zero-order valence-electron chi connectivity index (χ0n) is 13.9. The van der Waals surface area contributed by atoms with Crippen molar-refractivity contribution >= 4 is 0 Å². The van der Waals surface area contributed by atoms with Gasteiger partial charge >= 0.3 is 0 Å². The van der Waals surface area contributed by atoms with Gasteiger partial charge in [0.05, 0.1) is 25.9 Å². The number of aliphatic hydroxyl groups is 1. The van der Waals surface area contributed by atoms with Gasteiger partial charge in [-0.3, -0.25) is 0 Å². The average molecular weight is 316 g/mol. The molecule has 4 heteroatoms. The molecule has 4 nitrogen and oxygen atoms in total. The summed E-state index contributed by atoms with van der Waals surface area (Å²) in [6.07, 6.45) is -0.434. The second-order valence-corrected chi connectivity index (χ2v) is 5.42. The van der Waals surface area contributed by atoms with E-state index in [2.05, 4.69) is 0 Å². The maximum Gasteiger partial charge on any atom is 0.166 e. The minimum atomic E-state index is -0.233. The molecule has 0 radical (unpaired) electrons. The number of rotatable bonds is 8. The summed E-state index contributed by atoms with van der Waals surface area (Å²) >= 11 is 0. The topological polar surface area (TPSA) is 47.9 Å². The number of methoxy groups -OCH3 is 1. The van der Waals surface area contributed by atoms with E-state index < -0.39 is 0 Å². The molecule has 0 unspecified atom stereocenters. The Hall–Kier alpha value is -2.04. The van der Waals surface area contributed by atoms with E-state index in [1.165, 1.54) is 0 Å². The van der Waals surface area contributed by atoms with Crippen molar-refractivity contribution in [1.82, 2.24) is 0 Å². The fraction of sp³-hybridized carbons (Fsp3) is 0.368. The third-order valence-electron chi connectivity index (χ3n) is 3.58. The van der Waals surface area contributed by atoms with Gasteiger partial charge in [0.25, 0.3) is 0 Å². The highest BCUT2D eigenvalue weighted by molar-refractivity contribution is 5.47. The maximum atomic E-state index is 9.14. The molecule has 0 spiro atoms. The van der Waals surface area contributed by atoms with E-state index in [-0.39, 0.29) is 18.8 Å². The van der Waals surface area contributed by atoms with Gasteiger partial charge in [-0.05, 0) is 25.5 Å². The van der Waals surface area contributed by atoms with E-state index in [1.54, 1.807) is 7.11 Å². The van der Waals surface area contributed by atoms with E-state index in [0.29, 0.717) is 18.1 Å². The Morgan fingerprint density at radius 1 is 1.00 bits per heavy atom. The predicted octanol–water partition coefficient (Wildman–Crippen LogP) is 3.73. The third kappa shape index (κ3) is 4.71. The van der Waals surface area contributed by atoms with Crippen LogP contribution in [0.25, 0.3) is 0 Å². The number of benzene rings is 2. The summed E-state index contributed by atoms with van der Waals surface area (Å²) in [4.78, 5) is 0. The van der Waals surface area contributed by atoms with Crippen molar-refractivity contribution in [2.45, 2.75) is 32.7 Å². The Morgan fingerprint density at radius 3 is 2.39 bits per heavy atom. The highest BCUT2D eigenvalue weighted by Crippen LogP contribution is 2.36.